The van der Waals surface area contributed by atoms with Crippen molar-refractivity contribution in [2.75, 3.05) is 24.1 Å². The summed E-state index contributed by atoms with van der Waals surface area (Å²) in [5.41, 5.74) is 11.4. The lowest BCUT2D eigenvalue weighted by Crippen LogP contribution is -2.33. The van der Waals surface area contributed by atoms with Crippen LogP contribution in [-0.4, -0.2) is 27.5 Å². The van der Waals surface area contributed by atoms with E-state index in [1.54, 1.807) is 0 Å². The summed E-state index contributed by atoms with van der Waals surface area (Å²) < 4.78 is 22.1. The second kappa shape index (κ2) is 5.56. The second-order valence-corrected chi connectivity index (χ2v) is 5.07. The molecule has 0 saturated carbocycles. The smallest absolute Gasteiger partial charge is 0.312 e. The lowest BCUT2D eigenvalue weighted by Gasteiger charge is -2.10. The van der Waals surface area contributed by atoms with Crippen LogP contribution in [0.15, 0.2) is 23.1 Å². The van der Waals surface area contributed by atoms with Gasteiger partial charge in [0.05, 0.1) is 16.3 Å². The maximum atomic E-state index is 11.1. The summed E-state index contributed by atoms with van der Waals surface area (Å²) in [5, 5.41) is 10.3. The van der Waals surface area contributed by atoms with Crippen LogP contribution < -0.4 is 27.2 Å². The average molecular weight is 273 g/mol. The molecule has 8 N–H and O–H groups in total. The number of hydrogen-bond acceptors (Lipinski definition) is 5. The van der Waals surface area contributed by atoms with Crippen molar-refractivity contribution < 1.29 is 13.2 Å². The van der Waals surface area contributed by atoms with Crippen LogP contribution in [0.25, 0.3) is 0 Å². The van der Waals surface area contributed by atoms with Crippen molar-refractivity contribution in [3.63, 3.8) is 0 Å². The Hall–Kier alpha value is -2.00. The van der Waals surface area contributed by atoms with Crippen molar-refractivity contribution >= 4 is 27.4 Å². The van der Waals surface area contributed by atoms with E-state index in [0.717, 1.165) is 0 Å². The van der Waals surface area contributed by atoms with Crippen LogP contribution in [0.5, 0.6) is 0 Å². The molecule has 1 aromatic rings. The number of nitrogens with one attached hydrogen (secondary N) is 2. The molecule has 0 spiro atoms. The first-order valence-electron chi connectivity index (χ1n) is 5.00. The molecular formula is C9H15N5O3S. The maximum absolute atomic E-state index is 11.1. The van der Waals surface area contributed by atoms with Gasteiger partial charge in [0.2, 0.25) is 10.0 Å². The third-order valence-electron chi connectivity index (χ3n) is 2.09. The Balaban J connectivity index is 2.66. The molecule has 0 aliphatic heterocycles. The number of anilines is 2. The highest BCUT2D eigenvalue weighted by atomic mass is 32.2. The number of carbonyl (C=O) groups is 1. The van der Waals surface area contributed by atoms with Gasteiger partial charge in [0.1, 0.15) is 0 Å². The van der Waals surface area contributed by atoms with Crippen molar-refractivity contribution in [2.24, 2.45) is 10.9 Å². The molecule has 0 aromatic heterocycles. The molecule has 1 aromatic carbocycles. The van der Waals surface area contributed by atoms with Gasteiger partial charge in [-0.1, -0.05) is 0 Å². The number of nitrogen functional groups attached to an aromatic ring is 1. The van der Waals surface area contributed by atoms with Crippen molar-refractivity contribution in [2.45, 2.75) is 4.90 Å². The van der Waals surface area contributed by atoms with Gasteiger partial charge in [-0.25, -0.2) is 18.4 Å². The summed E-state index contributed by atoms with van der Waals surface area (Å²) in [6, 6.07) is 3.49. The van der Waals surface area contributed by atoms with E-state index >= 15 is 0 Å². The van der Waals surface area contributed by atoms with Gasteiger partial charge in [0.25, 0.3) is 0 Å². The highest BCUT2D eigenvalue weighted by Crippen LogP contribution is 2.21. The predicted octanol–water partition coefficient (Wildman–Crippen LogP) is -1.00. The van der Waals surface area contributed by atoms with Crippen molar-refractivity contribution in [3.05, 3.63) is 18.2 Å². The topological polar surface area (TPSA) is 153 Å². The summed E-state index contributed by atoms with van der Waals surface area (Å²) in [7, 11) is -3.76. The first kappa shape index (κ1) is 14.1. The van der Waals surface area contributed by atoms with E-state index in [1.165, 1.54) is 18.2 Å². The summed E-state index contributed by atoms with van der Waals surface area (Å²) in [6.45, 7) is 0.730. The number of nitrogens with two attached hydrogens (primary N) is 3. The normalized spacial score (nSPS) is 10.9. The highest BCUT2D eigenvalue weighted by Gasteiger charge is 2.09. The molecule has 9 heteroatoms. The summed E-state index contributed by atoms with van der Waals surface area (Å²) >= 11 is 0. The fraction of sp³-hybridized carbons (Fsp3) is 0.222. The third-order valence-corrected chi connectivity index (χ3v) is 3.00. The zero-order valence-electron chi connectivity index (χ0n) is 9.51. The van der Waals surface area contributed by atoms with Gasteiger partial charge in [-0.2, -0.15) is 0 Å². The van der Waals surface area contributed by atoms with E-state index in [4.69, 9.17) is 16.6 Å². The number of sulfonamides is 1. The molecule has 2 amide bonds. The van der Waals surface area contributed by atoms with Crippen LogP contribution in [0.1, 0.15) is 0 Å². The number of hydrogen-bond donors (Lipinski definition) is 5. The number of urea groups is 1. The molecule has 0 bridgehead atoms. The van der Waals surface area contributed by atoms with E-state index in [9.17, 15) is 13.2 Å². The molecule has 0 saturated heterocycles. The number of carbonyl (C=O) groups excluding carboxylic acids is 1. The Morgan fingerprint density at radius 1 is 1.28 bits per heavy atom. The zero-order chi connectivity index (χ0) is 13.8. The minimum Gasteiger partial charge on any atom is -0.397 e. The molecule has 0 unspecified atom stereocenters. The monoisotopic (exact) mass is 273 g/mol. The Kier molecular flexibility index (Phi) is 4.34. The van der Waals surface area contributed by atoms with Crippen LogP contribution >= 0.6 is 0 Å². The number of amides is 2. The highest BCUT2D eigenvalue weighted by molar-refractivity contribution is 7.89. The van der Waals surface area contributed by atoms with E-state index < -0.39 is 16.1 Å². The molecule has 0 fully saturated rings. The van der Waals surface area contributed by atoms with Crippen molar-refractivity contribution in [1.82, 2.24) is 5.32 Å². The quantitative estimate of drug-likeness (QED) is 0.344. The fourth-order valence-corrected chi connectivity index (χ4v) is 1.81. The molecule has 0 atom stereocenters. The minimum atomic E-state index is -3.76. The number of primary sulfonamides is 1. The Bertz CT molecular complexity index is 543. The van der Waals surface area contributed by atoms with Crippen LogP contribution in [0.2, 0.25) is 0 Å². The SMILES string of the molecule is NC(=O)NCCNc1ccc(S(N)(=O)=O)cc1N. The van der Waals surface area contributed by atoms with Crippen molar-refractivity contribution in [1.29, 1.82) is 0 Å². The Morgan fingerprint density at radius 2 is 1.94 bits per heavy atom. The van der Waals surface area contributed by atoms with E-state index in [1.807, 2.05) is 0 Å². The molecule has 0 aliphatic rings. The molecule has 0 radical (unpaired) electrons. The lowest BCUT2D eigenvalue weighted by atomic mass is 10.2. The van der Waals surface area contributed by atoms with Crippen LogP contribution in [-0.2, 0) is 10.0 Å². The van der Waals surface area contributed by atoms with E-state index in [2.05, 4.69) is 10.6 Å². The Morgan fingerprint density at radius 3 is 2.44 bits per heavy atom. The minimum absolute atomic E-state index is 0.0548. The first-order valence-corrected chi connectivity index (χ1v) is 6.55. The van der Waals surface area contributed by atoms with Gasteiger partial charge >= 0.3 is 6.03 Å². The predicted molar refractivity (Wildman–Crippen MR) is 68.3 cm³/mol. The molecule has 18 heavy (non-hydrogen) atoms. The van der Waals surface area contributed by atoms with Gasteiger partial charge in [-0.05, 0) is 18.2 Å². The van der Waals surface area contributed by atoms with Gasteiger partial charge in [0, 0.05) is 13.1 Å². The largest absolute Gasteiger partial charge is 0.397 e. The average Bonchev–Trinajstić information content (AvgIpc) is 2.24. The lowest BCUT2D eigenvalue weighted by molar-refractivity contribution is 0.249. The van der Waals surface area contributed by atoms with Crippen molar-refractivity contribution in [3.8, 4) is 0 Å². The number of primary amides is 1. The summed E-state index contributed by atoms with van der Waals surface area (Å²) in [4.78, 5) is 10.4. The second-order valence-electron chi connectivity index (χ2n) is 3.51. The van der Waals surface area contributed by atoms with Gasteiger partial charge in [-0.15, -0.1) is 0 Å². The molecule has 1 rings (SSSR count). The van der Waals surface area contributed by atoms with Crippen LogP contribution in [0.4, 0.5) is 16.2 Å². The molecule has 8 nitrogen and oxygen atoms in total. The summed E-state index contributed by atoms with van der Waals surface area (Å²) in [5.74, 6) is 0. The maximum Gasteiger partial charge on any atom is 0.312 e. The molecular weight excluding hydrogens is 258 g/mol. The zero-order valence-corrected chi connectivity index (χ0v) is 10.3. The molecule has 0 aliphatic carbocycles. The number of rotatable bonds is 5. The van der Waals surface area contributed by atoms with Crippen LogP contribution in [0, 0.1) is 0 Å². The molecule has 100 valence electrons. The van der Waals surface area contributed by atoms with Gasteiger partial charge in [0.15, 0.2) is 0 Å². The van der Waals surface area contributed by atoms with Gasteiger partial charge < -0.3 is 22.1 Å². The van der Waals surface area contributed by atoms with E-state index in [0.29, 0.717) is 18.8 Å². The summed E-state index contributed by atoms with van der Waals surface area (Å²) in [6.07, 6.45) is 0. The number of benzene rings is 1. The van der Waals surface area contributed by atoms with Gasteiger partial charge in [-0.3, -0.25) is 0 Å². The molecule has 0 heterocycles. The van der Waals surface area contributed by atoms with E-state index in [-0.39, 0.29) is 10.6 Å². The third kappa shape index (κ3) is 4.11. The first-order chi connectivity index (χ1) is 8.30. The standard InChI is InChI=1S/C9H15N5O3S/c10-7-5-6(18(12,16)17)1-2-8(7)13-3-4-14-9(11)15/h1-2,5,13H,3-4,10H2,(H3,11,14,15)(H2,12,16,17). The fourth-order valence-electron chi connectivity index (χ4n) is 1.26. The van der Waals surface area contributed by atoms with Crippen LogP contribution in [0.3, 0.4) is 0 Å². The Labute approximate surface area is 105 Å².